The molecule has 1 saturated heterocycles. The van der Waals surface area contributed by atoms with Gasteiger partial charge >= 0.3 is 0 Å². The number of methoxy groups -OCH3 is 1. The summed E-state index contributed by atoms with van der Waals surface area (Å²) >= 11 is 3.37. The summed E-state index contributed by atoms with van der Waals surface area (Å²) in [5, 5.41) is 9.13. The summed E-state index contributed by atoms with van der Waals surface area (Å²) in [6, 6.07) is 7.73. The number of nitriles is 1. The molecule has 0 saturated carbocycles. The highest BCUT2D eigenvalue weighted by Gasteiger charge is 2.32. The molecule has 2 rings (SSSR count). The fourth-order valence-corrected chi connectivity index (χ4v) is 2.67. The maximum atomic E-state index is 12.5. The van der Waals surface area contributed by atoms with Gasteiger partial charge in [0.2, 0.25) is 0 Å². The molecule has 1 aliphatic heterocycles. The zero-order chi connectivity index (χ0) is 14.8. The third-order valence-corrected chi connectivity index (χ3v) is 4.31. The summed E-state index contributed by atoms with van der Waals surface area (Å²) in [6.07, 6.45) is 1.43. The van der Waals surface area contributed by atoms with Crippen LogP contribution < -0.4 is 4.74 Å². The van der Waals surface area contributed by atoms with Crippen molar-refractivity contribution >= 4 is 21.8 Å². The second-order valence-electron chi connectivity index (χ2n) is 5.31. The summed E-state index contributed by atoms with van der Waals surface area (Å²) in [5.41, 5.74) is 0.261. The maximum absolute atomic E-state index is 12.5. The van der Waals surface area contributed by atoms with Crippen LogP contribution in [-0.2, 0) is 0 Å². The largest absolute Gasteiger partial charge is 0.496 e. The number of ether oxygens (including phenoxy) is 1. The molecule has 0 aromatic heterocycles. The van der Waals surface area contributed by atoms with Gasteiger partial charge in [0.05, 0.1) is 24.2 Å². The number of rotatable bonds is 2. The predicted molar refractivity (Wildman–Crippen MR) is 79.6 cm³/mol. The van der Waals surface area contributed by atoms with Crippen LogP contribution in [0.2, 0.25) is 0 Å². The van der Waals surface area contributed by atoms with Crippen molar-refractivity contribution in [2.24, 2.45) is 5.41 Å². The van der Waals surface area contributed by atoms with Crippen LogP contribution in [0.4, 0.5) is 0 Å². The van der Waals surface area contributed by atoms with E-state index in [2.05, 4.69) is 22.0 Å². The van der Waals surface area contributed by atoms with Gasteiger partial charge in [-0.2, -0.15) is 5.26 Å². The van der Waals surface area contributed by atoms with E-state index < -0.39 is 0 Å². The summed E-state index contributed by atoms with van der Waals surface area (Å²) in [4.78, 5) is 14.3. The molecule has 0 radical (unpaired) electrons. The molecule has 1 fully saturated rings. The van der Waals surface area contributed by atoms with Gasteiger partial charge in [-0.05, 0) is 38.0 Å². The predicted octanol–water partition coefficient (Wildman–Crippen LogP) is 3.22. The van der Waals surface area contributed by atoms with E-state index in [4.69, 9.17) is 10.00 Å². The summed E-state index contributed by atoms with van der Waals surface area (Å²) in [7, 11) is 1.56. The number of nitrogens with zero attached hydrogens (tertiary/aromatic N) is 2. The zero-order valence-electron chi connectivity index (χ0n) is 11.6. The van der Waals surface area contributed by atoms with Crippen molar-refractivity contribution in [3.8, 4) is 11.8 Å². The van der Waals surface area contributed by atoms with Gasteiger partial charge in [-0.25, -0.2) is 0 Å². The standard InChI is InChI=1S/C15H17BrN2O2/c1-15(10-17)5-7-18(8-6-15)14(19)12-4-3-11(16)9-13(12)20-2/h3-4,9H,5-8H2,1-2H3. The first-order chi connectivity index (χ1) is 9.49. The quantitative estimate of drug-likeness (QED) is 0.833. The first-order valence-electron chi connectivity index (χ1n) is 6.53. The van der Waals surface area contributed by atoms with Gasteiger partial charge in [0.25, 0.3) is 5.91 Å². The highest BCUT2D eigenvalue weighted by Crippen LogP contribution is 2.32. The first-order valence-corrected chi connectivity index (χ1v) is 7.32. The monoisotopic (exact) mass is 336 g/mol. The first kappa shape index (κ1) is 14.9. The Hall–Kier alpha value is -1.54. The van der Waals surface area contributed by atoms with Gasteiger partial charge in [-0.3, -0.25) is 4.79 Å². The van der Waals surface area contributed by atoms with Crippen LogP contribution in [0.3, 0.4) is 0 Å². The normalized spacial score (nSPS) is 17.4. The van der Waals surface area contributed by atoms with E-state index in [0.717, 1.165) is 4.47 Å². The highest BCUT2D eigenvalue weighted by molar-refractivity contribution is 9.10. The van der Waals surface area contributed by atoms with E-state index in [1.807, 2.05) is 13.0 Å². The molecule has 0 bridgehead atoms. The average molecular weight is 337 g/mol. The van der Waals surface area contributed by atoms with Crippen molar-refractivity contribution in [2.45, 2.75) is 19.8 Å². The Kier molecular flexibility index (Phi) is 4.34. The van der Waals surface area contributed by atoms with Crippen LogP contribution in [-0.4, -0.2) is 31.0 Å². The average Bonchev–Trinajstić information content (AvgIpc) is 2.47. The minimum absolute atomic E-state index is 0.0330. The van der Waals surface area contributed by atoms with E-state index in [1.54, 1.807) is 24.1 Å². The van der Waals surface area contributed by atoms with Gasteiger partial charge in [0.15, 0.2) is 0 Å². The topological polar surface area (TPSA) is 53.3 Å². The van der Waals surface area contributed by atoms with E-state index in [0.29, 0.717) is 37.2 Å². The molecule has 1 aliphatic rings. The minimum Gasteiger partial charge on any atom is -0.496 e. The molecular formula is C15H17BrN2O2. The number of hydrogen-bond donors (Lipinski definition) is 0. The molecule has 0 aliphatic carbocycles. The molecule has 0 atom stereocenters. The molecule has 0 N–H and O–H groups in total. The van der Waals surface area contributed by atoms with E-state index in [1.165, 1.54) is 0 Å². The van der Waals surface area contributed by atoms with Crippen LogP contribution in [0.15, 0.2) is 22.7 Å². The van der Waals surface area contributed by atoms with Gasteiger partial charge in [-0.1, -0.05) is 15.9 Å². The second kappa shape index (κ2) is 5.84. The van der Waals surface area contributed by atoms with Crippen LogP contribution in [0.25, 0.3) is 0 Å². The number of hydrogen-bond acceptors (Lipinski definition) is 3. The lowest BCUT2D eigenvalue weighted by atomic mass is 9.82. The van der Waals surface area contributed by atoms with Gasteiger partial charge in [0, 0.05) is 17.6 Å². The molecule has 4 nitrogen and oxygen atoms in total. The fourth-order valence-electron chi connectivity index (χ4n) is 2.33. The number of likely N-dealkylation sites (tertiary alicyclic amines) is 1. The Bertz CT molecular complexity index is 557. The number of carbonyl (C=O) groups excluding carboxylic acids is 1. The number of amides is 1. The SMILES string of the molecule is COc1cc(Br)ccc1C(=O)N1CCC(C)(C#N)CC1. The van der Waals surface area contributed by atoms with Crippen molar-refractivity contribution in [1.82, 2.24) is 4.90 Å². The van der Waals surface area contributed by atoms with Crippen molar-refractivity contribution in [3.63, 3.8) is 0 Å². The molecule has 20 heavy (non-hydrogen) atoms. The highest BCUT2D eigenvalue weighted by atomic mass is 79.9. The van der Waals surface area contributed by atoms with E-state index in [9.17, 15) is 4.79 Å². The third-order valence-electron chi connectivity index (χ3n) is 3.82. The summed E-state index contributed by atoms with van der Waals surface area (Å²) in [5.74, 6) is 0.535. The molecule has 1 amide bonds. The van der Waals surface area contributed by atoms with Gasteiger partial charge in [0.1, 0.15) is 5.75 Å². The van der Waals surface area contributed by atoms with Crippen LogP contribution in [0.5, 0.6) is 5.75 Å². The number of halogens is 1. The molecule has 1 aromatic carbocycles. The smallest absolute Gasteiger partial charge is 0.257 e. The fraction of sp³-hybridized carbons (Fsp3) is 0.467. The lowest BCUT2D eigenvalue weighted by Gasteiger charge is -2.35. The van der Waals surface area contributed by atoms with Crippen molar-refractivity contribution in [3.05, 3.63) is 28.2 Å². The number of benzene rings is 1. The van der Waals surface area contributed by atoms with Crippen LogP contribution in [0, 0.1) is 16.7 Å². The van der Waals surface area contributed by atoms with Gasteiger partial charge in [-0.15, -0.1) is 0 Å². The number of piperidine rings is 1. The molecule has 1 aromatic rings. The molecule has 0 unspecified atom stereocenters. The molecule has 5 heteroatoms. The molecule has 0 spiro atoms. The Morgan fingerprint density at radius 3 is 2.65 bits per heavy atom. The lowest BCUT2D eigenvalue weighted by molar-refractivity contribution is 0.0658. The molecular weight excluding hydrogens is 320 g/mol. The summed E-state index contributed by atoms with van der Waals surface area (Å²) < 4.78 is 6.15. The molecule has 106 valence electrons. The Labute approximate surface area is 127 Å². The van der Waals surface area contributed by atoms with Crippen LogP contribution >= 0.6 is 15.9 Å². The zero-order valence-corrected chi connectivity index (χ0v) is 13.2. The second-order valence-corrected chi connectivity index (χ2v) is 6.22. The molecule has 1 heterocycles. The lowest BCUT2D eigenvalue weighted by Crippen LogP contribution is -2.41. The van der Waals surface area contributed by atoms with E-state index in [-0.39, 0.29) is 11.3 Å². The summed E-state index contributed by atoms with van der Waals surface area (Å²) in [6.45, 7) is 3.18. The maximum Gasteiger partial charge on any atom is 0.257 e. The van der Waals surface area contributed by atoms with Gasteiger partial charge < -0.3 is 9.64 Å². The van der Waals surface area contributed by atoms with Crippen molar-refractivity contribution in [1.29, 1.82) is 5.26 Å². The Balaban J connectivity index is 2.16. The van der Waals surface area contributed by atoms with Crippen molar-refractivity contribution < 1.29 is 9.53 Å². The Morgan fingerprint density at radius 1 is 1.45 bits per heavy atom. The van der Waals surface area contributed by atoms with E-state index >= 15 is 0 Å². The third kappa shape index (κ3) is 2.96. The Morgan fingerprint density at radius 2 is 2.10 bits per heavy atom. The number of carbonyl (C=O) groups is 1. The van der Waals surface area contributed by atoms with Crippen LogP contribution in [0.1, 0.15) is 30.1 Å². The van der Waals surface area contributed by atoms with Crippen molar-refractivity contribution in [2.75, 3.05) is 20.2 Å². The minimum atomic E-state index is -0.305.